The van der Waals surface area contributed by atoms with E-state index < -0.39 is 0 Å². The average molecular weight is 324 g/mol. The lowest BCUT2D eigenvalue weighted by atomic mass is 10.1. The van der Waals surface area contributed by atoms with E-state index in [0.717, 1.165) is 10.6 Å². The van der Waals surface area contributed by atoms with Crippen LogP contribution in [0.4, 0.5) is 5.69 Å². The lowest BCUT2D eigenvalue weighted by Gasteiger charge is -2.12. The maximum atomic E-state index is 11.9. The molecule has 0 aromatic heterocycles. The molecule has 1 amide bonds. The van der Waals surface area contributed by atoms with Crippen LogP contribution < -0.4 is 10.6 Å². The minimum atomic E-state index is -0.0730. The maximum Gasteiger partial charge on any atom is 0.279 e. The van der Waals surface area contributed by atoms with Crippen molar-refractivity contribution >= 4 is 34.8 Å². The third-order valence-electron chi connectivity index (χ3n) is 3.16. The summed E-state index contributed by atoms with van der Waals surface area (Å²) in [4.78, 5) is 11.9. The van der Waals surface area contributed by atoms with E-state index in [1.165, 1.54) is 0 Å². The molecular weight excluding hydrogens is 307 g/mol. The number of nitrogens with one attached hydrogen (secondary N) is 1. The zero-order chi connectivity index (χ0) is 15.2. The molecule has 0 aliphatic heterocycles. The van der Waals surface area contributed by atoms with Crippen molar-refractivity contribution in [1.82, 2.24) is 0 Å². The van der Waals surface area contributed by atoms with E-state index in [-0.39, 0.29) is 11.9 Å². The molecule has 0 saturated heterocycles. The van der Waals surface area contributed by atoms with Crippen LogP contribution in [0.5, 0.6) is 0 Å². The third kappa shape index (κ3) is 4.74. The van der Waals surface area contributed by atoms with Gasteiger partial charge in [0.25, 0.3) is 5.91 Å². The first kappa shape index (κ1) is 15.8. The van der Waals surface area contributed by atoms with Crippen LogP contribution in [0.15, 0.2) is 48.5 Å². The van der Waals surface area contributed by atoms with Crippen molar-refractivity contribution in [3.05, 3.63) is 64.1 Å². The molecule has 0 fully saturated rings. The van der Waals surface area contributed by atoms with Gasteiger partial charge in [0.05, 0.1) is 0 Å². The molecule has 0 radical (unpaired) electrons. The maximum absolute atomic E-state index is 11.9. The van der Waals surface area contributed by atoms with Crippen molar-refractivity contribution in [3.8, 4) is 0 Å². The number of nitrogens with two attached hydrogens (primary N) is 1. The van der Waals surface area contributed by atoms with Crippen LogP contribution in [0.2, 0.25) is 10.0 Å². The fourth-order valence-corrected chi connectivity index (χ4v) is 2.53. The zero-order valence-corrected chi connectivity index (χ0v) is 13.2. The van der Waals surface area contributed by atoms with E-state index >= 15 is 0 Å². The summed E-state index contributed by atoms with van der Waals surface area (Å²) in [6, 6.07) is 14.9. The second-order valence-electron chi connectivity index (χ2n) is 4.81. The Bertz CT molecular complexity index is 631. The Morgan fingerprint density at radius 1 is 1.19 bits per heavy atom. The average Bonchev–Trinajstić information content (AvgIpc) is 2.45. The SMILES string of the molecule is C[C@H]([NH2+]CC(=O)Nc1cccc(Cl)c1)c1ccccc1Cl. The smallest absolute Gasteiger partial charge is 0.279 e. The minimum Gasteiger partial charge on any atom is -0.332 e. The van der Waals surface area contributed by atoms with Gasteiger partial charge in [-0.15, -0.1) is 0 Å². The molecule has 110 valence electrons. The van der Waals surface area contributed by atoms with Gasteiger partial charge in [-0.1, -0.05) is 47.5 Å². The van der Waals surface area contributed by atoms with E-state index in [9.17, 15) is 4.79 Å². The minimum absolute atomic E-state index is 0.0730. The summed E-state index contributed by atoms with van der Waals surface area (Å²) < 4.78 is 0. The number of benzene rings is 2. The molecule has 1 atom stereocenters. The molecule has 0 aliphatic carbocycles. The number of amides is 1. The van der Waals surface area contributed by atoms with Crippen molar-refractivity contribution in [2.45, 2.75) is 13.0 Å². The topological polar surface area (TPSA) is 45.7 Å². The number of rotatable bonds is 5. The normalized spacial score (nSPS) is 12.0. The van der Waals surface area contributed by atoms with Gasteiger partial charge in [0.15, 0.2) is 6.54 Å². The predicted octanol–water partition coefficient (Wildman–Crippen LogP) is 3.26. The molecule has 3 N–H and O–H groups in total. The van der Waals surface area contributed by atoms with Crippen LogP contribution in [0.25, 0.3) is 0 Å². The summed E-state index contributed by atoms with van der Waals surface area (Å²) in [6.45, 7) is 2.34. The van der Waals surface area contributed by atoms with Crippen LogP contribution in [-0.4, -0.2) is 12.5 Å². The van der Waals surface area contributed by atoms with Gasteiger partial charge in [-0.25, -0.2) is 0 Å². The quantitative estimate of drug-likeness (QED) is 0.871. The second-order valence-corrected chi connectivity index (χ2v) is 5.65. The summed E-state index contributed by atoms with van der Waals surface area (Å²) in [5, 5.41) is 6.08. The van der Waals surface area contributed by atoms with Crippen molar-refractivity contribution in [1.29, 1.82) is 0 Å². The Balaban J connectivity index is 1.88. The number of carbonyl (C=O) groups excluding carboxylic acids is 1. The van der Waals surface area contributed by atoms with Gasteiger partial charge < -0.3 is 10.6 Å². The number of halogens is 2. The molecule has 0 unspecified atom stereocenters. The Labute approximate surface area is 134 Å². The number of quaternary nitrogens is 1. The summed E-state index contributed by atoms with van der Waals surface area (Å²) in [5.74, 6) is -0.0730. The standard InChI is InChI=1S/C16H16Cl2N2O/c1-11(14-7-2-3-8-15(14)18)19-10-16(21)20-13-6-4-5-12(17)9-13/h2-9,11,19H,10H2,1H3,(H,20,21)/p+1/t11-/m0/s1. The first-order valence-electron chi connectivity index (χ1n) is 6.69. The Hall–Kier alpha value is -1.55. The van der Waals surface area contributed by atoms with Crippen LogP contribution in [0.1, 0.15) is 18.5 Å². The van der Waals surface area contributed by atoms with Crippen LogP contribution in [0, 0.1) is 0 Å². The first-order valence-corrected chi connectivity index (χ1v) is 7.45. The van der Waals surface area contributed by atoms with Crippen LogP contribution in [-0.2, 0) is 4.79 Å². The van der Waals surface area contributed by atoms with Crippen molar-refractivity contribution in [2.24, 2.45) is 0 Å². The largest absolute Gasteiger partial charge is 0.332 e. The molecule has 0 spiro atoms. The number of carbonyl (C=O) groups is 1. The summed E-state index contributed by atoms with van der Waals surface area (Å²) in [6.07, 6.45) is 0. The summed E-state index contributed by atoms with van der Waals surface area (Å²) >= 11 is 12.0. The van der Waals surface area contributed by atoms with Gasteiger partial charge in [0.1, 0.15) is 6.04 Å². The highest BCUT2D eigenvalue weighted by Crippen LogP contribution is 2.19. The molecule has 0 aliphatic rings. The van der Waals surface area contributed by atoms with E-state index in [0.29, 0.717) is 17.3 Å². The van der Waals surface area contributed by atoms with Gasteiger partial charge in [-0.05, 0) is 31.2 Å². The molecule has 2 aromatic rings. The summed E-state index contributed by atoms with van der Waals surface area (Å²) in [7, 11) is 0. The van der Waals surface area contributed by atoms with E-state index in [1.54, 1.807) is 24.3 Å². The molecule has 21 heavy (non-hydrogen) atoms. The fourth-order valence-electron chi connectivity index (χ4n) is 2.03. The van der Waals surface area contributed by atoms with Gasteiger partial charge in [0, 0.05) is 21.3 Å². The molecular formula is C16H17Cl2N2O+. The van der Waals surface area contributed by atoms with Crippen molar-refractivity contribution in [2.75, 3.05) is 11.9 Å². The van der Waals surface area contributed by atoms with E-state index in [1.807, 2.05) is 36.5 Å². The second kappa shape index (κ2) is 7.46. The lowest BCUT2D eigenvalue weighted by Crippen LogP contribution is -2.86. The fraction of sp³-hybridized carbons (Fsp3) is 0.188. The summed E-state index contributed by atoms with van der Waals surface area (Å²) in [5.41, 5.74) is 1.72. The van der Waals surface area contributed by atoms with Crippen molar-refractivity contribution in [3.63, 3.8) is 0 Å². The first-order chi connectivity index (χ1) is 10.1. The Morgan fingerprint density at radius 2 is 1.95 bits per heavy atom. The number of hydrogen-bond acceptors (Lipinski definition) is 1. The third-order valence-corrected chi connectivity index (χ3v) is 3.74. The van der Waals surface area contributed by atoms with Crippen LogP contribution in [0.3, 0.4) is 0 Å². The predicted molar refractivity (Wildman–Crippen MR) is 86.7 cm³/mol. The molecule has 0 heterocycles. The molecule has 3 nitrogen and oxygen atoms in total. The Morgan fingerprint density at radius 3 is 2.67 bits per heavy atom. The molecule has 0 saturated carbocycles. The number of hydrogen-bond donors (Lipinski definition) is 2. The van der Waals surface area contributed by atoms with E-state index in [4.69, 9.17) is 23.2 Å². The highest BCUT2D eigenvalue weighted by Gasteiger charge is 2.14. The van der Waals surface area contributed by atoms with Gasteiger partial charge >= 0.3 is 0 Å². The van der Waals surface area contributed by atoms with Gasteiger partial charge in [0.2, 0.25) is 0 Å². The monoisotopic (exact) mass is 323 g/mol. The zero-order valence-electron chi connectivity index (χ0n) is 11.6. The highest BCUT2D eigenvalue weighted by molar-refractivity contribution is 6.31. The van der Waals surface area contributed by atoms with Gasteiger partial charge in [-0.3, -0.25) is 4.79 Å². The van der Waals surface area contributed by atoms with Crippen molar-refractivity contribution < 1.29 is 10.1 Å². The number of anilines is 1. The molecule has 5 heteroatoms. The van der Waals surface area contributed by atoms with Gasteiger partial charge in [-0.2, -0.15) is 0 Å². The Kier molecular flexibility index (Phi) is 5.62. The van der Waals surface area contributed by atoms with Crippen LogP contribution >= 0.6 is 23.2 Å². The van der Waals surface area contributed by atoms with E-state index in [2.05, 4.69) is 5.32 Å². The highest BCUT2D eigenvalue weighted by atomic mass is 35.5. The lowest BCUT2D eigenvalue weighted by molar-refractivity contribution is -0.682. The molecule has 2 aromatic carbocycles. The molecule has 2 rings (SSSR count). The molecule has 0 bridgehead atoms.